The highest BCUT2D eigenvalue weighted by Gasteiger charge is 2.36. The van der Waals surface area contributed by atoms with E-state index < -0.39 is 0 Å². The molecule has 1 aliphatic carbocycles. The molecule has 0 saturated heterocycles. The fourth-order valence-corrected chi connectivity index (χ4v) is 2.71. The van der Waals surface area contributed by atoms with Gasteiger partial charge in [-0.25, -0.2) is 4.68 Å². The van der Waals surface area contributed by atoms with Gasteiger partial charge >= 0.3 is 5.97 Å². The Morgan fingerprint density at radius 2 is 2.27 bits per heavy atom. The predicted molar refractivity (Wildman–Crippen MR) is 78.4 cm³/mol. The lowest BCUT2D eigenvalue weighted by molar-refractivity contribution is -0.152. The zero-order valence-corrected chi connectivity index (χ0v) is 13.3. The average molecular weight is 309 g/mol. The maximum absolute atomic E-state index is 12.0. The number of hydrogen-bond donors (Lipinski definition) is 0. The fraction of sp³-hybridized carbons (Fsp3) is 0.733. The van der Waals surface area contributed by atoms with Gasteiger partial charge in [0.05, 0.1) is 25.2 Å². The first-order chi connectivity index (χ1) is 10.5. The lowest BCUT2D eigenvalue weighted by Crippen LogP contribution is -2.35. The third kappa shape index (κ3) is 3.84. The van der Waals surface area contributed by atoms with E-state index in [1.54, 1.807) is 17.8 Å². The minimum atomic E-state index is -0.277. The Bertz CT molecular complexity index is 527. The molecule has 1 aromatic rings. The second-order valence-electron chi connectivity index (χ2n) is 5.82. The number of Topliss-reactive ketones (excluding diaryl/α,β-unsaturated/α-hetero) is 1. The van der Waals surface area contributed by atoms with Gasteiger partial charge in [0.15, 0.2) is 0 Å². The standard InChI is InChI=1S/C15H23N3O4/c1-4-21-15(20)13-6-5-12(19)7-11(13)9-22-14-8-16-17-18(14)10(2)3/h8,10-11,13H,4-7,9H2,1-3H3. The van der Waals surface area contributed by atoms with E-state index >= 15 is 0 Å². The Hall–Kier alpha value is -1.92. The lowest BCUT2D eigenvalue weighted by atomic mass is 9.79. The first-order valence-corrected chi connectivity index (χ1v) is 7.74. The van der Waals surface area contributed by atoms with Gasteiger partial charge in [-0.3, -0.25) is 9.59 Å². The monoisotopic (exact) mass is 309 g/mol. The van der Waals surface area contributed by atoms with E-state index in [0.29, 0.717) is 31.7 Å². The van der Waals surface area contributed by atoms with Crippen LogP contribution >= 0.6 is 0 Å². The van der Waals surface area contributed by atoms with Crippen LogP contribution in [0.3, 0.4) is 0 Å². The number of hydrogen-bond acceptors (Lipinski definition) is 6. The van der Waals surface area contributed by atoms with Crippen molar-refractivity contribution in [2.45, 2.75) is 46.1 Å². The number of carbonyl (C=O) groups is 2. The zero-order valence-electron chi connectivity index (χ0n) is 13.3. The summed E-state index contributed by atoms with van der Waals surface area (Å²) in [5.41, 5.74) is 0. The molecule has 7 heteroatoms. The molecule has 2 atom stereocenters. The van der Waals surface area contributed by atoms with Crippen molar-refractivity contribution in [3.8, 4) is 5.88 Å². The van der Waals surface area contributed by atoms with Crippen molar-refractivity contribution < 1.29 is 19.1 Å². The number of ether oxygens (including phenoxy) is 2. The molecule has 0 amide bonds. The summed E-state index contributed by atoms with van der Waals surface area (Å²) < 4.78 is 12.5. The van der Waals surface area contributed by atoms with Gasteiger partial charge in [0, 0.05) is 18.8 Å². The summed E-state index contributed by atoms with van der Waals surface area (Å²) in [4.78, 5) is 23.7. The van der Waals surface area contributed by atoms with Crippen molar-refractivity contribution >= 4 is 11.8 Å². The third-order valence-corrected chi connectivity index (χ3v) is 3.86. The molecule has 0 aromatic carbocycles. The molecular formula is C15H23N3O4. The minimum absolute atomic E-state index is 0.131. The Morgan fingerprint density at radius 3 is 2.95 bits per heavy atom. The number of ketones is 1. The molecule has 0 spiro atoms. The molecule has 7 nitrogen and oxygen atoms in total. The number of esters is 1. The number of carbonyl (C=O) groups excluding carboxylic acids is 2. The molecule has 1 saturated carbocycles. The summed E-state index contributed by atoms with van der Waals surface area (Å²) in [6.07, 6.45) is 2.87. The molecule has 2 rings (SSSR count). The Morgan fingerprint density at radius 1 is 1.50 bits per heavy atom. The van der Waals surface area contributed by atoms with E-state index in [4.69, 9.17) is 9.47 Å². The van der Waals surface area contributed by atoms with E-state index in [0.717, 1.165) is 0 Å². The van der Waals surface area contributed by atoms with Gasteiger partial charge in [-0.15, -0.1) is 5.10 Å². The van der Waals surface area contributed by atoms with Crippen molar-refractivity contribution in [3.63, 3.8) is 0 Å². The van der Waals surface area contributed by atoms with Crippen molar-refractivity contribution in [1.29, 1.82) is 0 Å². The van der Waals surface area contributed by atoms with Crippen LogP contribution in [-0.4, -0.2) is 40.0 Å². The van der Waals surface area contributed by atoms with Crippen LogP contribution in [0.1, 0.15) is 46.1 Å². The maximum Gasteiger partial charge on any atom is 0.309 e. The molecule has 2 unspecified atom stereocenters. The van der Waals surface area contributed by atoms with E-state index in [1.165, 1.54) is 0 Å². The molecular weight excluding hydrogens is 286 g/mol. The van der Waals surface area contributed by atoms with Gasteiger partial charge in [-0.1, -0.05) is 5.21 Å². The second kappa shape index (κ2) is 7.38. The van der Waals surface area contributed by atoms with E-state index in [-0.39, 0.29) is 36.2 Å². The van der Waals surface area contributed by atoms with E-state index in [1.807, 2.05) is 13.8 Å². The van der Waals surface area contributed by atoms with E-state index in [2.05, 4.69) is 10.3 Å². The summed E-state index contributed by atoms with van der Waals surface area (Å²) in [7, 11) is 0. The Balaban J connectivity index is 2.02. The summed E-state index contributed by atoms with van der Waals surface area (Å²) in [5, 5.41) is 7.80. The van der Waals surface area contributed by atoms with Crippen LogP contribution in [0.2, 0.25) is 0 Å². The molecule has 22 heavy (non-hydrogen) atoms. The van der Waals surface area contributed by atoms with Crippen LogP contribution in [0.25, 0.3) is 0 Å². The average Bonchev–Trinajstić information content (AvgIpc) is 2.94. The predicted octanol–water partition coefficient (Wildman–Crippen LogP) is 1.79. The largest absolute Gasteiger partial charge is 0.476 e. The Kier molecular flexibility index (Phi) is 5.51. The normalized spacial score (nSPS) is 21.9. The third-order valence-electron chi connectivity index (χ3n) is 3.86. The molecule has 122 valence electrons. The molecule has 0 aliphatic heterocycles. The summed E-state index contributed by atoms with van der Waals surface area (Å²) in [6.45, 7) is 6.38. The van der Waals surface area contributed by atoms with Gasteiger partial charge in [0.2, 0.25) is 5.88 Å². The number of aromatic nitrogens is 3. The summed E-state index contributed by atoms with van der Waals surface area (Å²) in [5.74, 6) is 0.0520. The highest BCUT2D eigenvalue weighted by Crippen LogP contribution is 2.30. The topological polar surface area (TPSA) is 83.3 Å². The molecule has 0 bridgehead atoms. The fourth-order valence-electron chi connectivity index (χ4n) is 2.71. The molecule has 0 radical (unpaired) electrons. The van der Waals surface area contributed by atoms with Crippen molar-refractivity contribution in [2.24, 2.45) is 11.8 Å². The van der Waals surface area contributed by atoms with Crippen LogP contribution < -0.4 is 4.74 Å². The quantitative estimate of drug-likeness (QED) is 0.745. The molecule has 1 aromatic heterocycles. The lowest BCUT2D eigenvalue weighted by Gasteiger charge is -2.28. The summed E-state index contributed by atoms with van der Waals surface area (Å²) >= 11 is 0. The summed E-state index contributed by atoms with van der Waals surface area (Å²) in [6, 6.07) is 0.131. The van der Waals surface area contributed by atoms with Crippen LogP contribution in [0, 0.1) is 11.8 Å². The van der Waals surface area contributed by atoms with Gasteiger partial charge in [-0.05, 0) is 27.2 Å². The smallest absolute Gasteiger partial charge is 0.309 e. The first kappa shape index (κ1) is 16.5. The van der Waals surface area contributed by atoms with Gasteiger partial charge < -0.3 is 9.47 Å². The molecule has 1 fully saturated rings. The van der Waals surface area contributed by atoms with Gasteiger partial charge in [0.25, 0.3) is 0 Å². The van der Waals surface area contributed by atoms with Crippen LogP contribution in [0.4, 0.5) is 0 Å². The SMILES string of the molecule is CCOC(=O)C1CCC(=O)CC1COc1cnnn1C(C)C. The maximum atomic E-state index is 12.0. The number of nitrogens with zero attached hydrogens (tertiary/aromatic N) is 3. The minimum Gasteiger partial charge on any atom is -0.476 e. The van der Waals surface area contributed by atoms with Crippen LogP contribution in [-0.2, 0) is 14.3 Å². The Labute approximate surface area is 130 Å². The first-order valence-electron chi connectivity index (χ1n) is 7.74. The molecule has 1 aliphatic rings. The second-order valence-corrected chi connectivity index (χ2v) is 5.82. The van der Waals surface area contributed by atoms with E-state index in [9.17, 15) is 9.59 Å². The van der Waals surface area contributed by atoms with Gasteiger partial charge in [0.1, 0.15) is 12.0 Å². The highest BCUT2D eigenvalue weighted by molar-refractivity contribution is 5.83. The van der Waals surface area contributed by atoms with Crippen molar-refractivity contribution in [3.05, 3.63) is 6.20 Å². The van der Waals surface area contributed by atoms with Crippen LogP contribution in [0.15, 0.2) is 6.20 Å². The van der Waals surface area contributed by atoms with Crippen molar-refractivity contribution in [1.82, 2.24) is 15.0 Å². The highest BCUT2D eigenvalue weighted by atomic mass is 16.5. The van der Waals surface area contributed by atoms with Crippen molar-refractivity contribution in [2.75, 3.05) is 13.2 Å². The van der Waals surface area contributed by atoms with Crippen LogP contribution in [0.5, 0.6) is 5.88 Å². The molecule has 1 heterocycles. The number of rotatable bonds is 6. The zero-order chi connectivity index (χ0) is 16.1. The molecule has 0 N–H and O–H groups in total. The van der Waals surface area contributed by atoms with Gasteiger partial charge in [-0.2, -0.15) is 0 Å².